The summed E-state index contributed by atoms with van der Waals surface area (Å²) in [5, 5.41) is 2.66. The zero-order valence-electron chi connectivity index (χ0n) is 17.6. The molecule has 0 radical (unpaired) electrons. The minimum absolute atomic E-state index is 0.0740. The highest BCUT2D eigenvalue weighted by molar-refractivity contribution is 7.89. The minimum atomic E-state index is -3.69. The van der Waals surface area contributed by atoms with Gasteiger partial charge in [0.2, 0.25) is 10.0 Å². The van der Waals surface area contributed by atoms with Gasteiger partial charge < -0.3 is 14.8 Å². The van der Waals surface area contributed by atoms with E-state index in [0.717, 1.165) is 25.7 Å². The lowest BCUT2D eigenvalue weighted by atomic mass is 10.1. The molecule has 1 amide bonds. The molecule has 2 aromatic rings. The summed E-state index contributed by atoms with van der Waals surface area (Å²) in [6.45, 7) is 0.959. The van der Waals surface area contributed by atoms with E-state index in [9.17, 15) is 18.0 Å². The Bertz CT molecular complexity index is 1060. The molecule has 9 heteroatoms. The molecule has 0 spiro atoms. The Morgan fingerprint density at radius 1 is 0.968 bits per heavy atom. The molecule has 1 saturated heterocycles. The molecule has 0 bridgehead atoms. The molecule has 0 aliphatic carbocycles. The molecule has 166 valence electrons. The van der Waals surface area contributed by atoms with Gasteiger partial charge in [-0.1, -0.05) is 18.9 Å². The maximum Gasteiger partial charge on any atom is 0.340 e. The molecule has 0 saturated carbocycles. The third kappa shape index (κ3) is 5.23. The van der Waals surface area contributed by atoms with Crippen molar-refractivity contribution in [2.24, 2.45) is 0 Å². The van der Waals surface area contributed by atoms with E-state index in [2.05, 4.69) is 5.32 Å². The van der Waals surface area contributed by atoms with Crippen molar-refractivity contribution < 1.29 is 27.5 Å². The highest BCUT2D eigenvalue weighted by Gasteiger charge is 2.26. The van der Waals surface area contributed by atoms with Gasteiger partial charge in [0.15, 0.2) is 0 Å². The summed E-state index contributed by atoms with van der Waals surface area (Å²) in [7, 11) is -0.982. The fourth-order valence-electron chi connectivity index (χ4n) is 3.46. The van der Waals surface area contributed by atoms with Crippen molar-refractivity contribution in [2.75, 3.05) is 32.6 Å². The van der Waals surface area contributed by atoms with Crippen molar-refractivity contribution in [1.82, 2.24) is 4.31 Å². The lowest BCUT2D eigenvalue weighted by Gasteiger charge is -2.20. The normalized spacial score (nSPS) is 15.0. The van der Waals surface area contributed by atoms with E-state index in [-0.39, 0.29) is 21.7 Å². The summed E-state index contributed by atoms with van der Waals surface area (Å²) >= 11 is 0. The van der Waals surface area contributed by atoms with Gasteiger partial charge in [-0.2, -0.15) is 4.31 Å². The van der Waals surface area contributed by atoms with E-state index in [1.54, 1.807) is 6.07 Å². The third-order valence-electron chi connectivity index (χ3n) is 5.18. The van der Waals surface area contributed by atoms with Crippen LogP contribution in [0, 0.1) is 0 Å². The van der Waals surface area contributed by atoms with E-state index in [1.165, 1.54) is 54.9 Å². The number of methoxy groups -OCH3 is 2. The number of nitrogens with zero attached hydrogens (tertiary/aromatic N) is 1. The van der Waals surface area contributed by atoms with Crippen LogP contribution in [0.2, 0.25) is 0 Å². The van der Waals surface area contributed by atoms with Crippen LogP contribution in [0.4, 0.5) is 5.69 Å². The Morgan fingerprint density at radius 2 is 1.68 bits per heavy atom. The van der Waals surface area contributed by atoms with Gasteiger partial charge in [-0.15, -0.1) is 0 Å². The molecule has 3 rings (SSSR count). The smallest absolute Gasteiger partial charge is 0.340 e. The zero-order valence-corrected chi connectivity index (χ0v) is 18.4. The number of amides is 1. The summed E-state index contributed by atoms with van der Waals surface area (Å²) in [4.78, 5) is 25.0. The summed E-state index contributed by atoms with van der Waals surface area (Å²) in [6, 6.07) is 10.5. The molecule has 1 N–H and O–H groups in total. The van der Waals surface area contributed by atoms with Crippen LogP contribution in [-0.4, -0.2) is 51.9 Å². The average molecular weight is 447 g/mol. The number of ether oxygens (including phenoxy) is 2. The summed E-state index contributed by atoms with van der Waals surface area (Å²) in [6.07, 6.45) is 3.68. The van der Waals surface area contributed by atoms with Crippen LogP contribution in [-0.2, 0) is 14.8 Å². The van der Waals surface area contributed by atoms with Crippen LogP contribution < -0.4 is 10.1 Å². The van der Waals surface area contributed by atoms with E-state index in [4.69, 9.17) is 9.47 Å². The van der Waals surface area contributed by atoms with Crippen LogP contribution in [0.3, 0.4) is 0 Å². The first-order valence-electron chi connectivity index (χ1n) is 10.0. The molecule has 2 aromatic carbocycles. The average Bonchev–Trinajstić information content (AvgIpc) is 3.09. The third-order valence-corrected chi connectivity index (χ3v) is 7.07. The zero-order chi connectivity index (χ0) is 22.4. The number of carbonyl (C=O) groups is 2. The first-order valence-corrected chi connectivity index (χ1v) is 11.5. The second kappa shape index (κ2) is 9.93. The van der Waals surface area contributed by atoms with Crippen LogP contribution >= 0.6 is 0 Å². The van der Waals surface area contributed by atoms with Crippen LogP contribution in [0.15, 0.2) is 47.4 Å². The fraction of sp³-hybridized carbons (Fsp3) is 0.364. The number of rotatable bonds is 6. The first kappa shape index (κ1) is 22.8. The SMILES string of the molecule is COC(=O)c1cc(OC)ccc1NC(=O)c1cccc(S(=O)(=O)N2CCCCCC2)c1. The predicted octanol–water partition coefficient (Wildman–Crippen LogP) is 3.30. The number of anilines is 1. The summed E-state index contributed by atoms with van der Waals surface area (Å²) in [5.41, 5.74) is 0.532. The Labute approximate surface area is 182 Å². The van der Waals surface area contributed by atoms with Gasteiger partial charge in [-0.25, -0.2) is 13.2 Å². The van der Waals surface area contributed by atoms with Crippen molar-refractivity contribution in [3.63, 3.8) is 0 Å². The molecule has 0 atom stereocenters. The number of esters is 1. The van der Waals surface area contributed by atoms with Gasteiger partial charge in [-0.3, -0.25) is 4.79 Å². The van der Waals surface area contributed by atoms with Crippen LogP contribution in [0.5, 0.6) is 5.75 Å². The lowest BCUT2D eigenvalue weighted by molar-refractivity contribution is 0.0601. The molecule has 0 unspecified atom stereocenters. The van der Waals surface area contributed by atoms with Crippen molar-refractivity contribution >= 4 is 27.6 Å². The molecule has 0 aromatic heterocycles. The molecule has 1 heterocycles. The first-order chi connectivity index (χ1) is 14.9. The van der Waals surface area contributed by atoms with Crippen molar-refractivity contribution in [3.05, 3.63) is 53.6 Å². The highest BCUT2D eigenvalue weighted by Crippen LogP contribution is 2.25. The minimum Gasteiger partial charge on any atom is -0.497 e. The Hall–Kier alpha value is -2.91. The molecule has 8 nitrogen and oxygen atoms in total. The van der Waals surface area contributed by atoms with Crippen molar-refractivity contribution in [2.45, 2.75) is 30.6 Å². The van der Waals surface area contributed by atoms with E-state index in [1.807, 2.05) is 0 Å². The number of hydrogen-bond acceptors (Lipinski definition) is 6. The van der Waals surface area contributed by atoms with E-state index >= 15 is 0 Å². The number of hydrogen-bond donors (Lipinski definition) is 1. The van der Waals surface area contributed by atoms with Gasteiger partial charge in [0.05, 0.1) is 30.4 Å². The summed E-state index contributed by atoms with van der Waals surface area (Å²) in [5.74, 6) is -0.737. The lowest BCUT2D eigenvalue weighted by Crippen LogP contribution is -2.32. The number of benzene rings is 2. The number of carbonyl (C=O) groups excluding carboxylic acids is 2. The number of nitrogens with one attached hydrogen (secondary N) is 1. The van der Waals surface area contributed by atoms with Crippen LogP contribution in [0.1, 0.15) is 46.4 Å². The quantitative estimate of drug-likeness (QED) is 0.683. The number of sulfonamides is 1. The standard InChI is InChI=1S/C22H26N2O6S/c1-29-17-10-11-20(19(15-17)22(26)30-2)23-21(25)16-8-7-9-18(14-16)31(27,28)24-12-5-3-4-6-13-24/h7-11,14-15H,3-6,12-13H2,1-2H3,(H,23,25). The van der Waals surface area contributed by atoms with Gasteiger partial charge in [0.1, 0.15) is 5.75 Å². The molecule has 1 fully saturated rings. The largest absolute Gasteiger partial charge is 0.497 e. The topological polar surface area (TPSA) is 102 Å². The van der Waals surface area contributed by atoms with Crippen molar-refractivity contribution in [1.29, 1.82) is 0 Å². The van der Waals surface area contributed by atoms with Gasteiger partial charge in [0.25, 0.3) is 5.91 Å². The predicted molar refractivity (Wildman–Crippen MR) is 116 cm³/mol. The maximum atomic E-state index is 13.0. The van der Waals surface area contributed by atoms with Crippen LogP contribution in [0.25, 0.3) is 0 Å². The van der Waals surface area contributed by atoms with E-state index < -0.39 is 21.9 Å². The van der Waals surface area contributed by atoms with E-state index in [0.29, 0.717) is 18.8 Å². The molecule has 1 aliphatic heterocycles. The van der Waals surface area contributed by atoms with Crippen molar-refractivity contribution in [3.8, 4) is 5.75 Å². The second-order valence-corrected chi connectivity index (χ2v) is 9.14. The molecule has 31 heavy (non-hydrogen) atoms. The second-order valence-electron chi connectivity index (χ2n) is 7.20. The van der Waals surface area contributed by atoms with Gasteiger partial charge >= 0.3 is 5.97 Å². The Kier molecular flexibility index (Phi) is 7.29. The maximum absolute atomic E-state index is 13.0. The van der Waals surface area contributed by atoms with Gasteiger partial charge in [0, 0.05) is 18.7 Å². The highest BCUT2D eigenvalue weighted by atomic mass is 32.2. The Morgan fingerprint density at radius 3 is 2.32 bits per heavy atom. The molecule has 1 aliphatic rings. The summed E-state index contributed by atoms with van der Waals surface area (Å²) < 4.78 is 37.5. The Balaban J connectivity index is 1.86. The molecular formula is C22H26N2O6S. The monoisotopic (exact) mass is 446 g/mol. The fourth-order valence-corrected chi connectivity index (χ4v) is 5.03. The molecular weight excluding hydrogens is 420 g/mol. The van der Waals surface area contributed by atoms with Gasteiger partial charge in [-0.05, 0) is 49.2 Å².